The van der Waals surface area contributed by atoms with Crippen LogP contribution < -0.4 is 0 Å². The van der Waals surface area contributed by atoms with Crippen LogP contribution in [0.1, 0.15) is 45.2 Å². The van der Waals surface area contributed by atoms with E-state index in [4.69, 9.17) is 39.9 Å². The second-order valence-electron chi connectivity index (χ2n) is 22.5. The van der Waals surface area contributed by atoms with Gasteiger partial charge in [0.15, 0.2) is 23.3 Å². The van der Waals surface area contributed by atoms with Crippen LogP contribution >= 0.6 is 0 Å². The summed E-state index contributed by atoms with van der Waals surface area (Å²) in [5, 5.41) is 2.00. The van der Waals surface area contributed by atoms with Crippen molar-refractivity contribution in [3.05, 3.63) is 325 Å². The van der Waals surface area contributed by atoms with Gasteiger partial charge in [-0.25, -0.2) is 39.9 Å². The minimum absolute atomic E-state index is 0.0386. The zero-order valence-corrected chi connectivity index (χ0v) is 47.4. The van der Waals surface area contributed by atoms with Crippen molar-refractivity contribution in [3.63, 3.8) is 0 Å². The van der Waals surface area contributed by atoms with Crippen molar-refractivity contribution in [2.45, 2.75) is 11.8 Å². The summed E-state index contributed by atoms with van der Waals surface area (Å²) in [6.07, 6.45) is 0. The van der Waals surface area contributed by atoms with E-state index in [0.717, 1.165) is 112 Å². The maximum atomic E-state index is 5.49. The number of benzene rings is 11. The largest absolute Gasteiger partial charge is 0.228 e. The topological polar surface area (TPSA) is 103 Å². The lowest BCUT2D eigenvalue weighted by molar-refractivity contribution is 0.754. The van der Waals surface area contributed by atoms with Crippen LogP contribution in [0.25, 0.3) is 135 Å². The summed E-state index contributed by atoms with van der Waals surface area (Å²) in [6, 6.07) is 101. The Morgan fingerprint density at radius 1 is 0.193 bits per heavy atom. The molecule has 15 aromatic rings. The highest BCUT2D eigenvalue weighted by atomic mass is 14.9. The number of nitrogens with zero attached hydrogens (tertiary/aromatic N) is 8. The van der Waals surface area contributed by atoms with E-state index in [0.29, 0.717) is 23.3 Å². The fraction of sp³-hybridized carbons (Fsp3) is 0.0250. The molecular weight excluding hydrogens is 1070 g/mol. The highest BCUT2D eigenvalue weighted by molar-refractivity contribution is 5.96. The molecule has 18 rings (SSSR count). The predicted molar refractivity (Wildman–Crippen MR) is 353 cm³/mol. The van der Waals surface area contributed by atoms with Gasteiger partial charge in [0, 0.05) is 78.2 Å². The van der Waals surface area contributed by atoms with Crippen molar-refractivity contribution >= 4 is 21.8 Å². The molecule has 2 unspecified atom stereocenters. The number of fused-ring (bicyclic) bond motifs is 2. The van der Waals surface area contributed by atoms with Gasteiger partial charge in [-0.3, -0.25) is 0 Å². The Hall–Kier alpha value is -11.7. The summed E-state index contributed by atoms with van der Waals surface area (Å²) in [7, 11) is 0. The molecule has 0 fully saturated rings. The van der Waals surface area contributed by atoms with Gasteiger partial charge < -0.3 is 0 Å². The molecule has 2 bridgehead atoms. The standard InChI is InChI=1S/C80H50N8/c1-5-23-49(24-6-1)69-47-71(55-31-13-17-35-61(55)79-81-67-39-21-19-37-63(67)75(87-79)51-27-9-3-10-28-51)85-77(83-69)53-41-43-59-65(45-53)73-57-33-15-16-34-58(57)74(59)66-46-54(42-44-60(66)73)78-84-70(50-25-7-2-8-26-50)48-72(86-78)56-32-14-18-36-62(56)80-82-68-40-22-20-38-64(68)76(88-80)52-29-11-4-12-30-52/h1-48,73-74H. The maximum absolute atomic E-state index is 5.49. The Morgan fingerprint density at radius 3 is 0.943 bits per heavy atom. The van der Waals surface area contributed by atoms with Crippen molar-refractivity contribution in [2.75, 3.05) is 0 Å². The van der Waals surface area contributed by atoms with Gasteiger partial charge in [0.1, 0.15) is 0 Å². The molecule has 0 aliphatic heterocycles. The zero-order chi connectivity index (χ0) is 58.1. The average molecular weight is 1120 g/mol. The third-order valence-corrected chi connectivity index (χ3v) is 17.3. The molecule has 0 spiro atoms. The first-order chi connectivity index (χ1) is 43.6. The molecule has 0 N–H and O–H groups in total. The van der Waals surface area contributed by atoms with Gasteiger partial charge in [0.2, 0.25) is 0 Å². The quantitative estimate of drug-likeness (QED) is 0.133. The highest BCUT2D eigenvalue weighted by Crippen LogP contribution is 2.57. The lowest BCUT2D eigenvalue weighted by Gasteiger charge is -2.42. The second-order valence-corrected chi connectivity index (χ2v) is 22.5. The van der Waals surface area contributed by atoms with Crippen LogP contribution in [0.2, 0.25) is 0 Å². The van der Waals surface area contributed by atoms with Crippen LogP contribution in [-0.2, 0) is 0 Å². The molecule has 11 aromatic carbocycles. The molecule has 88 heavy (non-hydrogen) atoms. The van der Waals surface area contributed by atoms with Crippen LogP contribution in [0.15, 0.2) is 291 Å². The van der Waals surface area contributed by atoms with E-state index in [2.05, 4.69) is 231 Å². The summed E-state index contributed by atoms with van der Waals surface area (Å²) in [5.74, 6) is 2.46. The fourth-order valence-corrected chi connectivity index (χ4v) is 13.3. The Balaban J connectivity index is 0.782. The number of hydrogen-bond acceptors (Lipinski definition) is 8. The molecule has 0 saturated heterocycles. The summed E-state index contributed by atoms with van der Waals surface area (Å²) >= 11 is 0. The second kappa shape index (κ2) is 21.1. The molecule has 4 heterocycles. The van der Waals surface area contributed by atoms with Gasteiger partial charge in [-0.15, -0.1) is 0 Å². The van der Waals surface area contributed by atoms with Gasteiger partial charge in [0.05, 0.1) is 45.2 Å². The average Bonchev–Trinajstić information content (AvgIpc) is 0.813. The first-order valence-electron chi connectivity index (χ1n) is 29.7. The summed E-state index contributed by atoms with van der Waals surface area (Å²) in [4.78, 5) is 42.8. The molecule has 3 aliphatic rings. The van der Waals surface area contributed by atoms with Crippen molar-refractivity contribution in [2.24, 2.45) is 0 Å². The maximum Gasteiger partial charge on any atom is 0.161 e. The monoisotopic (exact) mass is 1120 g/mol. The van der Waals surface area contributed by atoms with Gasteiger partial charge in [-0.1, -0.05) is 255 Å². The minimum Gasteiger partial charge on any atom is -0.228 e. The lowest BCUT2D eigenvalue weighted by atomic mass is 9.61. The Morgan fingerprint density at radius 2 is 0.523 bits per heavy atom. The molecule has 0 saturated carbocycles. The van der Waals surface area contributed by atoms with E-state index in [9.17, 15) is 0 Å². The first kappa shape index (κ1) is 50.7. The van der Waals surface area contributed by atoms with Crippen LogP contribution in [0.3, 0.4) is 0 Å². The van der Waals surface area contributed by atoms with Crippen LogP contribution in [0.5, 0.6) is 0 Å². The summed E-state index contributed by atoms with van der Waals surface area (Å²) in [6.45, 7) is 0. The lowest BCUT2D eigenvalue weighted by Crippen LogP contribution is -2.27. The molecule has 0 radical (unpaired) electrons. The van der Waals surface area contributed by atoms with Gasteiger partial charge >= 0.3 is 0 Å². The van der Waals surface area contributed by atoms with Crippen molar-refractivity contribution in [1.82, 2.24) is 39.9 Å². The Labute approximate surface area is 508 Å². The smallest absolute Gasteiger partial charge is 0.161 e. The number of rotatable bonds is 10. The number of para-hydroxylation sites is 2. The fourth-order valence-electron chi connectivity index (χ4n) is 13.3. The summed E-state index contributed by atoms with van der Waals surface area (Å²) < 4.78 is 0. The van der Waals surface area contributed by atoms with E-state index in [1.807, 2.05) is 60.7 Å². The normalized spacial score (nSPS) is 13.7. The van der Waals surface area contributed by atoms with Gasteiger partial charge in [-0.05, 0) is 69.8 Å². The Kier molecular flexibility index (Phi) is 12.2. The third-order valence-electron chi connectivity index (χ3n) is 17.3. The third kappa shape index (κ3) is 8.76. The van der Waals surface area contributed by atoms with Gasteiger partial charge in [-0.2, -0.15) is 0 Å². The van der Waals surface area contributed by atoms with Crippen molar-refractivity contribution in [3.8, 4) is 113 Å². The molecule has 2 atom stereocenters. The van der Waals surface area contributed by atoms with E-state index in [1.165, 1.54) is 33.4 Å². The van der Waals surface area contributed by atoms with E-state index < -0.39 is 0 Å². The molecular formula is C80H50N8. The molecule has 0 amide bonds. The number of hydrogen-bond donors (Lipinski definition) is 0. The molecule has 3 aliphatic carbocycles. The first-order valence-corrected chi connectivity index (χ1v) is 29.7. The summed E-state index contributed by atoms with van der Waals surface area (Å²) in [5.41, 5.74) is 23.9. The molecule has 8 nitrogen and oxygen atoms in total. The molecule has 4 aromatic heterocycles. The van der Waals surface area contributed by atoms with Gasteiger partial charge in [0.25, 0.3) is 0 Å². The molecule has 8 heteroatoms. The highest BCUT2D eigenvalue weighted by Gasteiger charge is 2.42. The minimum atomic E-state index is -0.0386. The van der Waals surface area contributed by atoms with Crippen molar-refractivity contribution in [1.29, 1.82) is 0 Å². The van der Waals surface area contributed by atoms with E-state index in [-0.39, 0.29) is 11.8 Å². The van der Waals surface area contributed by atoms with E-state index >= 15 is 0 Å². The van der Waals surface area contributed by atoms with Crippen LogP contribution in [0, 0.1) is 0 Å². The van der Waals surface area contributed by atoms with Crippen LogP contribution in [0.4, 0.5) is 0 Å². The molecule has 410 valence electrons. The van der Waals surface area contributed by atoms with Crippen molar-refractivity contribution < 1.29 is 0 Å². The van der Waals surface area contributed by atoms with Crippen LogP contribution in [-0.4, -0.2) is 39.9 Å². The zero-order valence-electron chi connectivity index (χ0n) is 47.4. The SMILES string of the molecule is c1ccc(-c2cc(-c3ccccc3-c3nc(-c4ccccc4)c4ccccc4n3)nc(-c3ccc4c(c3)C3c5ccccc5C4c4cc(-c5nc(-c6ccccc6)cc(-c6ccccc6-c6nc(-c7ccccc7)c7ccccc7n6)n5)ccc43)n2)cc1. The predicted octanol–water partition coefficient (Wildman–Crippen LogP) is 18.8. The Bertz CT molecular complexity index is 4900. The van der Waals surface area contributed by atoms with E-state index in [1.54, 1.807) is 0 Å². The number of aromatic nitrogens is 8.